The zero-order chi connectivity index (χ0) is 23.4. The summed E-state index contributed by atoms with van der Waals surface area (Å²) < 4.78 is 7.96. The highest BCUT2D eigenvalue weighted by atomic mass is 32.2. The summed E-state index contributed by atoms with van der Waals surface area (Å²) >= 11 is 1.50. The average molecular weight is 472 g/mol. The van der Waals surface area contributed by atoms with Crippen LogP contribution in [0.5, 0.6) is 0 Å². The molecule has 2 aliphatic rings. The third-order valence-corrected chi connectivity index (χ3v) is 7.56. The van der Waals surface area contributed by atoms with E-state index in [0.717, 1.165) is 68.7 Å². The van der Waals surface area contributed by atoms with Gasteiger partial charge in [-0.3, -0.25) is 9.69 Å². The predicted octanol–water partition coefficient (Wildman–Crippen LogP) is 3.71. The van der Waals surface area contributed by atoms with Crippen LogP contribution >= 0.6 is 11.8 Å². The molecule has 2 saturated heterocycles. The van der Waals surface area contributed by atoms with E-state index in [-0.39, 0.29) is 5.91 Å². The van der Waals surface area contributed by atoms with Crippen LogP contribution in [0.1, 0.15) is 39.2 Å². The lowest BCUT2D eigenvalue weighted by Gasteiger charge is -2.39. The number of amides is 1. The number of aromatic nitrogens is 3. The smallest absolute Gasteiger partial charge is 0.233 e. The Labute approximate surface area is 201 Å². The molecule has 0 radical (unpaired) electrons. The lowest BCUT2D eigenvalue weighted by molar-refractivity contribution is -0.130. The van der Waals surface area contributed by atoms with E-state index in [1.807, 2.05) is 11.0 Å². The molecule has 2 unspecified atom stereocenters. The van der Waals surface area contributed by atoms with Crippen molar-refractivity contribution in [3.63, 3.8) is 0 Å². The Morgan fingerprint density at radius 3 is 2.55 bits per heavy atom. The quantitative estimate of drug-likeness (QED) is 0.574. The minimum Gasteiger partial charge on any atom is -0.373 e. The molecule has 2 aromatic rings. The van der Waals surface area contributed by atoms with Crippen molar-refractivity contribution in [2.45, 2.75) is 64.4 Å². The van der Waals surface area contributed by atoms with Crippen LogP contribution in [-0.2, 0) is 16.1 Å². The Morgan fingerprint density at radius 1 is 1.15 bits per heavy atom. The van der Waals surface area contributed by atoms with Crippen molar-refractivity contribution in [1.29, 1.82) is 0 Å². The Bertz CT molecular complexity index is 931. The third kappa shape index (κ3) is 6.16. The topological polar surface area (TPSA) is 63.5 Å². The van der Waals surface area contributed by atoms with Crippen LogP contribution in [0, 0.1) is 12.8 Å². The fourth-order valence-electron chi connectivity index (χ4n) is 5.06. The highest BCUT2D eigenvalue weighted by molar-refractivity contribution is 7.99. The molecule has 33 heavy (non-hydrogen) atoms. The van der Waals surface area contributed by atoms with Gasteiger partial charge in [-0.2, -0.15) is 0 Å². The number of hydrogen-bond donors (Lipinski definition) is 0. The maximum atomic E-state index is 12.9. The number of rotatable bonds is 7. The minimum atomic E-state index is 0.204. The number of benzene rings is 1. The molecule has 2 aliphatic heterocycles. The van der Waals surface area contributed by atoms with Gasteiger partial charge in [0, 0.05) is 44.8 Å². The number of hydrogen-bond acceptors (Lipinski definition) is 6. The predicted molar refractivity (Wildman–Crippen MR) is 132 cm³/mol. The second-order valence-corrected chi connectivity index (χ2v) is 10.5. The summed E-state index contributed by atoms with van der Waals surface area (Å²) in [6.45, 7) is 14.1. The lowest BCUT2D eigenvalue weighted by Crippen LogP contribution is -2.48. The first-order valence-corrected chi connectivity index (χ1v) is 13.2. The number of piperidine rings is 1. The molecule has 8 heteroatoms. The van der Waals surface area contributed by atoms with Crippen molar-refractivity contribution in [2.75, 3.05) is 38.5 Å². The van der Waals surface area contributed by atoms with E-state index in [0.29, 0.717) is 23.9 Å². The Morgan fingerprint density at radius 2 is 1.88 bits per heavy atom. The average Bonchev–Trinajstić information content (AvgIpc) is 3.20. The standard InChI is InChI=1S/C25H37N5O2S/c1-5-30-24(22-8-6-7-18(2)13-22)26-27-25(30)33-17-23(31)29-11-9-21(10-12-29)16-28-14-19(3)32-20(4)15-28/h6-8,13,19-21H,5,9-12,14-17H2,1-4H3. The molecule has 7 nitrogen and oxygen atoms in total. The summed E-state index contributed by atoms with van der Waals surface area (Å²) in [5.41, 5.74) is 2.26. The van der Waals surface area contributed by atoms with Crippen LogP contribution < -0.4 is 0 Å². The summed E-state index contributed by atoms with van der Waals surface area (Å²) in [6.07, 6.45) is 2.78. The van der Waals surface area contributed by atoms with Gasteiger partial charge in [-0.25, -0.2) is 0 Å². The first-order chi connectivity index (χ1) is 15.9. The van der Waals surface area contributed by atoms with Gasteiger partial charge in [0.1, 0.15) is 0 Å². The molecular formula is C25H37N5O2S. The van der Waals surface area contributed by atoms with E-state index in [9.17, 15) is 4.79 Å². The summed E-state index contributed by atoms with van der Waals surface area (Å²) in [5.74, 6) is 2.15. The number of nitrogens with zero attached hydrogens (tertiary/aromatic N) is 5. The second-order valence-electron chi connectivity index (χ2n) is 9.51. The Kier molecular flexibility index (Phi) is 8.09. The Hall–Kier alpha value is -1.90. The normalized spacial score (nSPS) is 22.6. The fourth-order valence-corrected chi connectivity index (χ4v) is 5.96. The van der Waals surface area contributed by atoms with E-state index in [1.165, 1.54) is 17.3 Å². The fraction of sp³-hybridized carbons (Fsp3) is 0.640. The van der Waals surface area contributed by atoms with E-state index in [2.05, 4.69) is 65.6 Å². The van der Waals surface area contributed by atoms with Crippen molar-refractivity contribution < 1.29 is 9.53 Å². The van der Waals surface area contributed by atoms with Crippen LogP contribution in [-0.4, -0.2) is 81.2 Å². The maximum Gasteiger partial charge on any atom is 0.233 e. The van der Waals surface area contributed by atoms with Gasteiger partial charge in [0.2, 0.25) is 5.91 Å². The first-order valence-electron chi connectivity index (χ1n) is 12.2. The summed E-state index contributed by atoms with van der Waals surface area (Å²) in [7, 11) is 0. The van der Waals surface area contributed by atoms with E-state index >= 15 is 0 Å². The number of carbonyl (C=O) groups is 1. The van der Waals surface area contributed by atoms with Gasteiger partial charge < -0.3 is 14.2 Å². The van der Waals surface area contributed by atoms with Gasteiger partial charge in [0.25, 0.3) is 0 Å². The molecule has 0 N–H and O–H groups in total. The van der Waals surface area contributed by atoms with E-state index in [1.54, 1.807) is 0 Å². The molecule has 0 saturated carbocycles. The number of ether oxygens (including phenoxy) is 1. The van der Waals surface area contributed by atoms with Gasteiger partial charge in [-0.15, -0.1) is 10.2 Å². The molecule has 2 atom stereocenters. The number of aryl methyl sites for hydroxylation is 1. The van der Waals surface area contributed by atoms with Gasteiger partial charge in [-0.05, 0) is 52.5 Å². The number of carbonyl (C=O) groups excluding carboxylic acids is 1. The van der Waals surface area contributed by atoms with Gasteiger partial charge >= 0.3 is 0 Å². The van der Waals surface area contributed by atoms with Gasteiger partial charge in [0.05, 0.1) is 18.0 Å². The summed E-state index contributed by atoms with van der Waals surface area (Å²) in [5, 5.41) is 9.62. The number of likely N-dealkylation sites (tertiary alicyclic amines) is 1. The van der Waals surface area contributed by atoms with Crippen LogP contribution in [0.15, 0.2) is 29.4 Å². The summed E-state index contributed by atoms with van der Waals surface area (Å²) in [6, 6.07) is 8.30. The molecule has 180 valence electrons. The minimum absolute atomic E-state index is 0.204. The molecule has 1 aromatic heterocycles. The molecule has 4 rings (SSSR count). The zero-order valence-corrected chi connectivity index (χ0v) is 21.2. The van der Waals surface area contributed by atoms with Crippen molar-refractivity contribution in [1.82, 2.24) is 24.6 Å². The largest absolute Gasteiger partial charge is 0.373 e. The van der Waals surface area contributed by atoms with Crippen LogP contribution in [0.25, 0.3) is 11.4 Å². The SMILES string of the molecule is CCn1c(SCC(=O)N2CCC(CN3CC(C)OC(C)C3)CC2)nnc1-c1cccc(C)c1. The highest BCUT2D eigenvalue weighted by Gasteiger charge is 2.28. The maximum absolute atomic E-state index is 12.9. The van der Waals surface area contributed by atoms with Gasteiger partial charge in [0.15, 0.2) is 11.0 Å². The second kappa shape index (κ2) is 11.0. The molecule has 1 aromatic carbocycles. The number of morpholine rings is 1. The van der Waals surface area contributed by atoms with Crippen molar-refractivity contribution in [2.24, 2.45) is 5.92 Å². The van der Waals surface area contributed by atoms with E-state index < -0.39 is 0 Å². The van der Waals surface area contributed by atoms with Crippen LogP contribution in [0.2, 0.25) is 0 Å². The van der Waals surface area contributed by atoms with Crippen molar-refractivity contribution >= 4 is 17.7 Å². The molecule has 0 bridgehead atoms. The third-order valence-electron chi connectivity index (χ3n) is 6.61. The Balaban J connectivity index is 1.27. The molecule has 0 aliphatic carbocycles. The van der Waals surface area contributed by atoms with Crippen molar-refractivity contribution in [3.8, 4) is 11.4 Å². The number of thioether (sulfide) groups is 1. The molecular weight excluding hydrogens is 434 g/mol. The molecule has 2 fully saturated rings. The monoisotopic (exact) mass is 471 g/mol. The summed E-state index contributed by atoms with van der Waals surface area (Å²) in [4.78, 5) is 17.5. The molecule has 3 heterocycles. The molecule has 0 spiro atoms. The van der Waals surface area contributed by atoms with Gasteiger partial charge in [-0.1, -0.05) is 35.5 Å². The first kappa shape index (κ1) is 24.2. The van der Waals surface area contributed by atoms with E-state index in [4.69, 9.17) is 4.74 Å². The zero-order valence-electron chi connectivity index (χ0n) is 20.4. The molecule has 1 amide bonds. The van der Waals surface area contributed by atoms with Crippen molar-refractivity contribution in [3.05, 3.63) is 29.8 Å². The van der Waals surface area contributed by atoms with Crippen LogP contribution in [0.4, 0.5) is 0 Å². The lowest BCUT2D eigenvalue weighted by atomic mass is 9.95. The highest BCUT2D eigenvalue weighted by Crippen LogP contribution is 2.26. The van der Waals surface area contributed by atoms with Crippen LogP contribution in [0.3, 0.4) is 0 Å².